The summed E-state index contributed by atoms with van der Waals surface area (Å²) in [4.78, 5) is 0. The Morgan fingerprint density at radius 1 is 1.17 bits per heavy atom. The lowest BCUT2D eigenvalue weighted by atomic mass is 9.76. The average molecular weight is 168 g/mol. The fourth-order valence-electron chi connectivity index (χ4n) is 2.80. The minimum Gasteiger partial charge on any atom is -0.0654 e. The molecule has 1 fully saturated rings. The lowest BCUT2D eigenvalue weighted by molar-refractivity contribution is 0.207. The summed E-state index contributed by atoms with van der Waals surface area (Å²) in [6, 6.07) is 0. The molecule has 72 valence electrons. The van der Waals surface area contributed by atoms with Gasteiger partial charge >= 0.3 is 0 Å². The minimum absolute atomic E-state index is 0.782. The van der Waals surface area contributed by atoms with Crippen LogP contribution in [0.2, 0.25) is 0 Å². The second-order valence-electron chi connectivity index (χ2n) is 4.86. The second-order valence-corrected chi connectivity index (χ2v) is 4.86. The van der Waals surface area contributed by atoms with E-state index >= 15 is 0 Å². The molecule has 0 radical (unpaired) electrons. The van der Waals surface area contributed by atoms with E-state index in [1.165, 1.54) is 32.1 Å². The van der Waals surface area contributed by atoms with Crippen LogP contribution >= 0.6 is 0 Å². The van der Waals surface area contributed by atoms with Crippen LogP contribution in [0, 0.1) is 17.3 Å². The SMILES string of the molecule is CCCC(C(C)C)C1(CC)CC1. The van der Waals surface area contributed by atoms with Gasteiger partial charge in [0.25, 0.3) is 0 Å². The molecule has 0 aromatic carbocycles. The van der Waals surface area contributed by atoms with Crippen LogP contribution in [0.3, 0.4) is 0 Å². The molecule has 0 saturated heterocycles. The van der Waals surface area contributed by atoms with Gasteiger partial charge in [0.1, 0.15) is 0 Å². The topological polar surface area (TPSA) is 0 Å². The molecule has 0 aromatic heterocycles. The molecule has 0 heterocycles. The molecule has 0 N–H and O–H groups in total. The number of hydrogen-bond acceptors (Lipinski definition) is 0. The Hall–Kier alpha value is 0. The molecule has 1 saturated carbocycles. The molecule has 0 amide bonds. The molecule has 12 heavy (non-hydrogen) atoms. The molecule has 1 aliphatic rings. The van der Waals surface area contributed by atoms with Crippen LogP contribution in [0.4, 0.5) is 0 Å². The monoisotopic (exact) mass is 168 g/mol. The third-order valence-corrected chi connectivity index (χ3v) is 3.79. The van der Waals surface area contributed by atoms with Crippen LogP contribution in [0.5, 0.6) is 0 Å². The molecule has 1 unspecified atom stereocenters. The summed E-state index contributed by atoms with van der Waals surface area (Å²) >= 11 is 0. The van der Waals surface area contributed by atoms with Crippen molar-refractivity contribution in [3.63, 3.8) is 0 Å². The van der Waals surface area contributed by atoms with Crippen LogP contribution in [0.15, 0.2) is 0 Å². The van der Waals surface area contributed by atoms with Crippen LogP contribution in [0.25, 0.3) is 0 Å². The van der Waals surface area contributed by atoms with E-state index < -0.39 is 0 Å². The van der Waals surface area contributed by atoms with Gasteiger partial charge in [-0.3, -0.25) is 0 Å². The first kappa shape index (κ1) is 10.1. The van der Waals surface area contributed by atoms with Crippen LogP contribution < -0.4 is 0 Å². The molecule has 0 aromatic rings. The van der Waals surface area contributed by atoms with Crippen molar-refractivity contribution in [1.29, 1.82) is 0 Å². The third kappa shape index (κ3) is 1.84. The van der Waals surface area contributed by atoms with Crippen LogP contribution in [-0.4, -0.2) is 0 Å². The zero-order valence-electron chi connectivity index (χ0n) is 9.19. The molecule has 1 rings (SSSR count). The van der Waals surface area contributed by atoms with Crippen molar-refractivity contribution in [2.24, 2.45) is 17.3 Å². The van der Waals surface area contributed by atoms with E-state index in [0.717, 1.165) is 17.3 Å². The Kier molecular flexibility index (Phi) is 3.20. The van der Waals surface area contributed by atoms with E-state index in [4.69, 9.17) is 0 Å². The highest BCUT2D eigenvalue weighted by atomic mass is 14.5. The highest BCUT2D eigenvalue weighted by Gasteiger charge is 2.47. The van der Waals surface area contributed by atoms with Crippen LogP contribution in [-0.2, 0) is 0 Å². The first-order valence-electron chi connectivity index (χ1n) is 5.66. The quantitative estimate of drug-likeness (QED) is 0.575. The van der Waals surface area contributed by atoms with Crippen molar-refractivity contribution in [3.05, 3.63) is 0 Å². The van der Waals surface area contributed by atoms with Gasteiger partial charge in [-0.2, -0.15) is 0 Å². The standard InChI is InChI=1S/C12H24/c1-5-7-11(10(3)4)12(6-2)8-9-12/h10-11H,5-9H2,1-4H3. The molecular weight excluding hydrogens is 144 g/mol. The minimum atomic E-state index is 0.782. The number of rotatable bonds is 5. The van der Waals surface area contributed by atoms with E-state index in [-0.39, 0.29) is 0 Å². The number of hydrogen-bond donors (Lipinski definition) is 0. The summed E-state index contributed by atoms with van der Waals surface area (Å²) < 4.78 is 0. The third-order valence-electron chi connectivity index (χ3n) is 3.79. The van der Waals surface area contributed by atoms with Gasteiger partial charge < -0.3 is 0 Å². The maximum atomic E-state index is 2.40. The van der Waals surface area contributed by atoms with Gasteiger partial charge in [0.2, 0.25) is 0 Å². The maximum Gasteiger partial charge on any atom is -0.0269 e. The predicted octanol–water partition coefficient (Wildman–Crippen LogP) is 4.25. The van der Waals surface area contributed by atoms with Gasteiger partial charge in [-0.15, -0.1) is 0 Å². The summed E-state index contributed by atoms with van der Waals surface area (Å²) in [5.74, 6) is 1.90. The normalized spacial score (nSPS) is 22.8. The van der Waals surface area contributed by atoms with Gasteiger partial charge in [0.15, 0.2) is 0 Å². The summed E-state index contributed by atoms with van der Waals surface area (Å²) in [5.41, 5.74) is 0.782. The summed E-state index contributed by atoms with van der Waals surface area (Å²) in [5, 5.41) is 0. The molecule has 0 aliphatic heterocycles. The van der Waals surface area contributed by atoms with Crippen molar-refractivity contribution in [3.8, 4) is 0 Å². The van der Waals surface area contributed by atoms with E-state index in [2.05, 4.69) is 27.7 Å². The average Bonchev–Trinajstić information content (AvgIpc) is 2.80. The Labute approximate surface area is 77.7 Å². The van der Waals surface area contributed by atoms with Crippen molar-refractivity contribution in [1.82, 2.24) is 0 Å². The molecule has 0 nitrogen and oxygen atoms in total. The molecule has 0 bridgehead atoms. The first-order valence-corrected chi connectivity index (χ1v) is 5.66. The molecule has 1 atom stereocenters. The van der Waals surface area contributed by atoms with Crippen molar-refractivity contribution in [2.75, 3.05) is 0 Å². The highest BCUT2D eigenvalue weighted by Crippen LogP contribution is 2.58. The second kappa shape index (κ2) is 3.81. The van der Waals surface area contributed by atoms with Crippen molar-refractivity contribution in [2.45, 2.75) is 59.8 Å². The predicted molar refractivity (Wildman–Crippen MR) is 55.2 cm³/mol. The smallest absolute Gasteiger partial charge is 0.0269 e. The summed E-state index contributed by atoms with van der Waals surface area (Å²) in [7, 11) is 0. The van der Waals surface area contributed by atoms with Gasteiger partial charge in [0.05, 0.1) is 0 Å². The Balaban J connectivity index is 2.53. The van der Waals surface area contributed by atoms with Crippen LogP contribution in [0.1, 0.15) is 59.8 Å². The van der Waals surface area contributed by atoms with Gasteiger partial charge in [-0.05, 0) is 36.5 Å². The Bertz CT molecular complexity index is 131. The van der Waals surface area contributed by atoms with Gasteiger partial charge in [0, 0.05) is 0 Å². The van der Waals surface area contributed by atoms with E-state index in [0.29, 0.717) is 0 Å². The van der Waals surface area contributed by atoms with Gasteiger partial charge in [-0.1, -0.05) is 40.5 Å². The van der Waals surface area contributed by atoms with E-state index in [1.807, 2.05) is 0 Å². The van der Waals surface area contributed by atoms with E-state index in [1.54, 1.807) is 0 Å². The maximum absolute atomic E-state index is 2.40. The van der Waals surface area contributed by atoms with Gasteiger partial charge in [-0.25, -0.2) is 0 Å². The molecular formula is C12H24. The lowest BCUT2D eigenvalue weighted by Gasteiger charge is -2.29. The van der Waals surface area contributed by atoms with E-state index in [9.17, 15) is 0 Å². The fourth-order valence-corrected chi connectivity index (χ4v) is 2.80. The highest BCUT2D eigenvalue weighted by molar-refractivity contribution is 4.97. The zero-order valence-corrected chi connectivity index (χ0v) is 9.19. The largest absolute Gasteiger partial charge is 0.0654 e. The fraction of sp³-hybridized carbons (Fsp3) is 1.00. The summed E-state index contributed by atoms with van der Waals surface area (Å²) in [6.07, 6.45) is 7.24. The summed E-state index contributed by atoms with van der Waals surface area (Å²) in [6.45, 7) is 9.49. The lowest BCUT2D eigenvalue weighted by Crippen LogP contribution is -2.20. The Morgan fingerprint density at radius 2 is 1.75 bits per heavy atom. The first-order chi connectivity index (χ1) is 5.66. The molecule has 0 heteroatoms. The zero-order chi connectivity index (χ0) is 9.19. The Morgan fingerprint density at radius 3 is 2.00 bits per heavy atom. The van der Waals surface area contributed by atoms with Crippen molar-refractivity contribution < 1.29 is 0 Å². The molecule has 1 aliphatic carbocycles. The van der Waals surface area contributed by atoms with Crippen molar-refractivity contribution >= 4 is 0 Å². The molecule has 0 spiro atoms.